The lowest BCUT2D eigenvalue weighted by molar-refractivity contribution is -0.387. The van der Waals surface area contributed by atoms with Crippen LogP contribution in [0.25, 0.3) is 0 Å². The van der Waals surface area contributed by atoms with Crippen LogP contribution in [0.3, 0.4) is 0 Å². The quantitative estimate of drug-likeness (QED) is 0.445. The van der Waals surface area contributed by atoms with Crippen molar-refractivity contribution in [2.24, 2.45) is 0 Å². The average Bonchev–Trinajstić information content (AvgIpc) is 2.72. The lowest BCUT2D eigenvalue weighted by Gasteiger charge is -2.36. The van der Waals surface area contributed by atoms with E-state index in [4.69, 9.17) is 4.74 Å². The van der Waals surface area contributed by atoms with Crippen molar-refractivity contribution in [3.05, 3.63) is 58.1 Å². The Hall–Kier alpha value is -2.74. The van der Waals surface area contributed by atoms with Crippen molar-refractivity contribution in [2.75, 3.05) is 44.4 Å². The van der Waals surface area contributed by atoms with Gasteiger partial charge < -0.3 is 14.5 Å². The van der Waals surface area contributed by atoms with Crippen LogP contribution in [0.2, 0.25) is 0 Å². The van der Waals surface area contributed by atoms with Crippen molar-refractivity contribution < 1.29 is 14.5 Å². The summed E-state index contributed by atoms with van der Waals surface area (Å²) in [6.45, 7) is 2.52. The third-order valence-electron chi connectivity index (χ3n) is 4.61. The fraction of sp³-hybridized carbons (Fsp3) is 0.316. The van der Waals surface area contributed by atoms with Crippen molar-refractivity contribution in [2.45, 2.75) is 4.90 Å². The molecule has 0 aromatic heterocycles. The summed E-state index contributed by atoms with van der Waals surface area (Å²) < 4.78 is 5.26. The molecule has 0 atom stereocenters. The van der Waals surface area contributed by atoms with Gasteiger partial charge in [-0.3, -0.25) is 14.9 Å². The predicted molar refractivity (Wildman–Crippen MR) is 106 cm³/mol. The largest absolute Gasteiger partial charge is 0.497 e. The molecule has 2 aromatic carbocycles. The number of amides is 1. The Morgan fingerprint density at radius 2 is 1.89 bits per heavy atom. The highest BCUT2D eigenvalue weighted by atomic mass is 32.2. The first-order chi connectivity index (χ1) is 13.0. The fourth-order valence-corrected chi connectivity index (χ4v) is 3.67. The van der Waals surface area contributed by atoms with Gasteiger partial charge in [0, 0.05) is 49.6 Å². The number of thioether (sulfide) groups is 1. The Bertz CT molecular complexity index is 851. The molecule has 1 heterocycles. The van der Waals surface area contributed by atoms with E-state index in [9.17, 15) is 14.9 Å². The van der Waals surface area contributed by atoms with E-state index >= 15 is 0 Å². The van der Waals surface area contributed by atoms with E-state index in [1.807, 2.05) is 24.3 Å². The molecule has 1 aliphatic heterocycles. The number of hydrogen-bond acceptors (Lipinski definition) is 6. The molecule has 27 heavy (non-hydrogen) atoms. The Morgan fingerprint density at radius 1 is 1.15 bits per heavy atom. The predicted octanol–water partition coefficient (Wildman–Crippen LogP) is 3.29. The Balaban J connectivity index is 1.69. The lowest BCUT2D eigenvalue weighted by Crippen LogP contribution is -2.48. The summed E-state index contributed by atoms with van der Waals surface area (Å²) in [7, 11) is 1.64. The molecule has 2 aromatic rings. The number of piperazine rings is 1. The second-order valence-electron chi connectivity index (χ2n) is 6.12. The number of ether oxygens (including phenoxy) is 1. The number of nitro benzene ring substituents is 1. The molecular formula is C19H21N3O4S. The van der Waals surface area contributed by atoms with Crippen molar-refractivity contribution in [3.63, 3.8) is 0 Å². The normalized spacial score (nSPS) is 14.1. The smallest absolute Gasteiger partial charge is 0.283 e. The van der Waals surface area contributed by atoms with Gasteiger partial charge in [-0.2, -0.15) is 0 Å². The molecule has 3 rings (SSSR count). The van der Waals surface area contributed by atoms with E-state index in [1.54, 1.807) is 30.4 Å². The monoisotopic (exact) mass is 387 g/mol. The second-order valence-corrected chi connectivity index (χ2v) is 6.97. The molecule has 0 bridgehead atoms. The summed E-state index contributed by atoms with van der Waals surface area (Å²) in [6.07, 6.45) is 1.78. The van der Waals surface area contributed by atoms with E-state index < -0.39 is 4.92 Å². The summed E-state index contributed by atoms with van der Waals surface area (Å²) in [5, 5.41) is 11.2. The second kappa shape index (κ2) is 8.30. The third kappa shape index (κ3) is 4.16. The molecule has 0 radical (unpaired) electrons. The molecule has 1 fully saturated rings. The molecule has 7 nitrogen and oxygen atoms in total. The number of carbonyl (C=O) groups excluding carboxylic acids is 1. The summed E-state index contributed by atoms with van der Waals surface area (Å²) in [5.74, 6) is 0.628. The summed E-state index contributed by atoms with van der Waals surface area (Å²) >= 11 is 1.30. The third-order valence-corrected chi connectivity index (χ3v) is 5.39. The van der Waals surface area contributed by atoms with Gasteiger partial charge in [0.25, 0.3) is 11.6 Å². The molecule has 0 saturated carbocycles. The fourth-order valence-electron chi connectivity index (χ4n) is 3.12. The first-order valence-corrected chi connectivity index (χ1v) is 9.76. The van der Waals surface area contributed by atoms with Gasteiger partial charge in [0.1, 0.15) is 5.75 Å². The first kappa shape index (κ1) is 19.0. The van der Waals surface area contributed by atoms with E-state index in [-0.39, 0.29) is 11.6 Å². The maximum absolute atomic E-state index is 12.8. The molecule has 1 saturated heterocycles. The van der Waals surface area contributed by atoms with E-state index in [0.29, 0.717) is 36.6 Å². The number of anilines is 1. The molecule has 0 N–H and O–H groups in total. The van der Waals surface area contributed by atoms with Gasteiger partial charge >= 0.3 is 0 Å². The zero-order chi connectivity index (χ0) is 19.4. The van der Waals surface area contributed by atoms with Crippen LogP contribution in [-0.4, -0.2) is 55.3 Å². The molecule has 1 aliphatic rings. The molecule has 0 aliphatic carbocycles. The number of nitrogens with zero attached hydrogens (tertiary/aromatic N) is 3. The van der Waals surface area contributed by atoms with Crippen LogP contribution in [-0.2, 0) is 0 Å². The van der Waals surface area contributed by atoms with Gasteiger partial charge in [0.2, 0.25) is 0 Å². The van der Waals surface area contributed by atoms with Gasteiger partial charge in [-0.1, -0.05) is 6.07 Å². The SMILES string of the molecule is COc1cccc(N2CCN(C(=O)c3ccc(SC)c([N+](=O)[O-])c3)CC2)c1. The highest BCUT2D eigenvalue weighted by Crippen LogP contribution is 2.29. The average molecular weight is 387 g/mol. The summed E-state index contributed by atoms with van der Waals surface area (Å²) in [4.78, 5) is 28.1. The van der Waals surface area contributed by atoms with Crippen molar-refractivity contribution >= 4 is 29.0 Å². The molecular weight excluding hydrogens is 366 g/mol. The minimum absolute atomic E-state index is 0.0247. The standard InChI is InChI=1S/C19H21N3O4S/c1-26-16-5-3-4-15(13-16)20-8-10-21(11-9-20)19(23)14-6-7-18(27-2)17(12-14)22(24)25/h3-7,12-13H,8-11H2,1-2H3. The molecule has 8 heteroatoms. The van der Waals surface area contributed by atoms with Gasteiger partial charge in [-0.25, -0.2) is 0 Å². The van der Waals surface area contributed by atoms with Gasteiger partial charge in [-0.15, -0.1) is 11.8 Å². The molecule has 142 valence electrons. The van der Waals surface area contributed by atoms with Crippen molar-refractivity contribution in [1.29, 1.82) is 0 Å². The van der Waals surface area contributed by atoms with Gasteiger partial charge in [0.15, 0.2) is 0 Å². The van der Waals surface area contributed by atoms with E-state index in [1.165, 1.54) is 17.8 Å². The minimum Gasteiger partial charge on any atom is -0.497 e. The zero-order valence-corrected chi connectivity index (χ0v) is 16.1. The number of nitro groups is 1. The number of rotatable bonds is 5. The van der Waals surface area contributed by atoms with Crippen LogP contribution in [0.15, 0.2) is 47.4 Å². The molecule has 1 amide bonds. The van der Waals surface area contributed by atoms with Crippen LogP contribution in [0.5, 0.6) is 5.75 Å². The maximum atomic E-state index is 12.8. The lowest BCUT2D eigenvalue weighted by atomic mass is 10.1. The summed E-state index contributed by atoms with van der Waals surface area (Å²) in [5.41, 5.74) is 1.39. The Morgan fingerprint density at radius 3 is 2.52 bits per heavy atom. The maximum Gasteiger partial charge on any atom is 0.283 e. The number of carbonyl (C=O) groups is 1. The van der Waals surface area contributed by atoms with Gasteiger partial charge in [0.05, 0.1) is 16.9 Å². The highest BCUT2D eigenvalue weighted by molar-refractivity contribution is 7.98. The van der Waals surface area contributed by atoms with E-state index in [2.05, 4.69) is 4.90 Å². The number of hydrogen-bond donors (Lipinski definition) is 0. The van der Waals surface area contributed by atoms with Gasteiger partial charge in [-0.05, 0) is 30.5 Å². The van der Waals surface area contributed by atoms with E-state index in [0.717, 1.165) is 11.4 Å². The van der Waals surface area contributed by atoms with Crippen LogP contribution in [0.1, 0.15) is 10.4 Å². The van der Waals surface area contributed by atoms with Crippen molar-refractivity contribution in [3.8, 4) is 5.75 Å². The van der Waals surface area contributed by atoms with Crippen molar-refractivity contribution in [1.82, 2.24) is 4.90 Å². The highest BCUT2D eigenvalue weighted by Gasteiger charge is 2.24. The van der Waals surface area contributed by atoms with Crippen LogP contribution >= 0.6 is 11.8 Å². The van der Waals surface area contributed by atoms with Crippen LogP contribution in [0.4, 0.5) is 11.4 Å². The number of methoxy groups -OCH3 is 1. The first-order valence-electron chi connectivity index (χ1n) is 8.54. The molecule has 0 spiro atoms. The number of benzene rings is 2. The topological polar surface area (TPSA) is 75.9 Å². The van der Waals surface area contributed by atoms with Crippen LogP contribution in [0, 0.1) is 10.1 Å². The Kier molecular flexibility index (Phi) is 5.85. The Labute approximate surface area is 162 Å². The zero-order valence-electron chi connectivity index (χ0n) is 15.3. The summed E-state index contributed by atoms with van der Waals surface area (Å²) in [6, 6.07) is 12.5. The molecule has 0 unspecified atom stereocenters. The minimum atomic E-state index is -0.441. The van der Waals surface area contributed by atoms with Crippen LogP contribution < -0.4 is 9.64 Å².